The van der Waals surface area contributed by atoms with Crippen LogP contribution in [0, 0.1) is 13.8 Å². The molecule has 0 saturated heterocycles. The molecule has 0 unspecified atom stereocenters. The highest BCUT2D eigenvalue weighted by molar-refractivity contribution is 6.01. The zero-order valence-electron chi connectivity index (χ0n) is 16.4. The molecule has 0 bridgehead atoms. The van der Waals surface area contributed by atoms with Crippen LogP contribution in [-0.2, 0) is 4.79 Å². The normalized spacial score (nSPS) is 20.8. The van der Waals surface area contributed by atoms with Crippen molar-refractivity contribution in [2.24, 2.45) is 0 Å². The first kappa shape index (κ1) is 17.7. The van der Waals surface area contributed by atoms with Crippen LogP contribution in [0.5, 0.6) is 5.75 Å². The summed E-state index contributed by atoms with van der Waals surface area (Å²) in [7, 11) is 0. The molecule has 5 rings (SSSR count). The summed E-state index contributed by atoms with van der Waals surface area (Å²) in [5, 5.41) is 17.8. The van der Waals surface area contributed by atoms with Gasteiger partial charge in [-0.05, 0) is 37.5 Å². The van der Waals surface area contributed by atoms with Crippen molar-refractivity contribution in [3.8, 4) is 5.75 Å². The Balaban J connectivity index is 1.64. The molecule has 146 valence electrons. The van der Waals surface area contributed by atoms with Gasteiger partial charge in [0, 0.05) is 29.5 Å². The summed E-state index contributed by atoms with van der Waals surface area (Å²) in [6.07, 6.45) is 1.01. The number of carbonyl (C=O) groups excluding carboxylic acids is 1. The van der Waals surface area contributed by atoms with Gasteiger partial charge in [-0.3, -0.25) is 4.79 Å². The molecular weight excluding hydrogens is 364 g/mol. The molecule has 0 radical (unpaired) electrons. The Kier molecular flexibility index (Phi) is 4.05. The molecule has 5 heteroatoms. The number of allylic oxidation sites excluding steroid dienone is 2. The third-order valence-corrected chi connectivity index (χ3v) is 6.01. The summed E-state index contributed by atoms with van der Waals surface area (Å²) < 4.78 is 5.56. The maximum Gasteiger partial charge on any atom is 0.233 e. The van der Waals surface area contributed by atoms with E-state index in [-0.39, 0.29) is 23.4 Å². The van der Waals surface area contributed by atoms with E-state index < -0.39 is 0 Å². The maximum atomic E-state index is 13.4. The van der Waals surface area contributed by atoms with Crippen LogP contribution in [-0.4, -0.2) is 16.0 Å². The van der Waals surface area contributed by atoms with Crippen molar-refractivity contribution in [3.63, 3.8) is 0 Å². The van der Waals surface area contributed by atoms with Crippen molar-refractivity contribution in [2.45, 2.75) is 38.5 Å². The van der Waals surface area contributed by atoms with Gasteiger partial charge >= 0.3 is 0 Å². The number of hydrogen-bond acceptors (Lipinski definition) is 5. The van der Waals surface area contributed by atoms with Gasteiger partial charge < -0.3 is 14.9 Å². The monoisotopic (exact) mass is 386 g/mol. The Morgan fingerprint density at radius 2 is 1.93 bits per heavy atom. The topological polar surface area (TPSA) is 75.4 Å². The van der Waals surface area contributed by atoms with Gasteiger partial charge in [0.1, 0.15) is 5.75 Å². The first-order valence-electron chi connectivity index (χ1n) is 9.87. The summed E-state index contributed by atoms with van der Waals surface area (Å²) in [6.45, 7) is 3.97. The number of phenols is 1. The third-order valence-electron chi connectivity index (χ3n) is 6.01. The van der Waals surface area contributed by atoms with Crippen molar-refractivity contribution in [3.05, 3.63) is 87.7 Å². The highest BCUT2D eigenvalue weighted by atomic mass is 16.5. The number of aryl methyl sites for hydroxylation is 2. The van der Waals surface area contributed by atoms with Crippen LogP contribution in [0.2, 0.25) is 0 Å². The molecule has 2 aromatic carbocycles. The van der Waals surface area contributed by atoms with E-state index in [0.717, 1.165) is 39.2 Å². The van der Waals surface area contributed by atoms with E-state index in [4.69, 9.17) is 4.52 Å². The summed E-state index contributed by atoms with van der Waals surface area (Å²) in [5.74, 6) is 0.684. The molecule has 5 nitrogen and oxygen atoms in total. The maximum absolute atomic E-state index is 13.4. The number of phenolic OH excluding ortho intramolecular Hbond substituents is 1. The minimum atomic E-state index is -0.190. The van der Waals surface area contributed by atoms with Crippen LogP contribution < -0.4 is 5.32 Å². The second-order valence-corrected chi connectivity index (χ2v) is 7.96. The predicted molar refractivity (Wildman–Crippen MR) is 110 cm³/mol. The minimum Gasteiger partial charge on any atom is -0.508 e. The first-order valence-corrected chi connectivity index (χ1v) is 9.87. The average Bonchev–Trinajstić information content (AvgIpc) is 3.07. The number of nitrogens with one attached hydrogen (secondary N) is 1. The smallest absolute Gasteiger partial charge is 0.233 e. The first-order chi connectivity index (χ1) is 14.0. The molecule has 0 spiro atoms. The fourth-order valence-corrected chi connectivity index (χ4v) is 4.71. The van der Waals surface area contributed by atoms with Crippen molar-refractivity contribution in [1.82, 2.24) is 5.16 Å². The van der Waals surface area contributed by atoms with E-state index in [1.165, 1.54) is 0 Å². The molecule has 1 aromatic heterocycles. The van der Waals surface area contributed by atoms with Crippen LogP contribution in [0.1, 0.15) is 52.6 Å². The number of rotatable bonds is 2. The van der Waals surface area contributed by atoms with E-state index in [1.54, 1.807) is 12.1 Å². The molecule has 2 atom stereocenters. The number of nitrogens with zero attached hydrogens (tertiary/aromatic N) is 1. The lowest BCUT2D eigenvalue weighted by molar-refractivity contribution is -0.116. The molecule has 2 heterocycles. The molecule has 29 heavy (non-hydrogen) atoms. The van der Waals surface area contributed by atoms with Gasteiger partial charge in [0.2, 0.25) is 5.88 Å². The molecule has 2 N–H and O–H groups in total. The zero-order chi connectivity index (χ0) is 20.1. The van der Waals surface area contributed by atoms with Crippen molar-refractivity contribution >= 4 is 11.7 Å². The van der Waals surface area contributed by atoms with Gasteiger partial charge in [0.05, 0.1) is 11.3 Å². The molecular formula is C24H22N2O3. The Morgan fingerprint density at radius 3 is 2.72 bits per heavy atom. The molecule has 1 aliphatic heterocycles. The predicted octanol–water partition coefficient (Wildman–Crippen LogP) is 4.96. The fourth-order valence-electron chi connectivity index (χ4n) is 4.71. The molecule has 0 fully saturated rings. The van der Waals surface area contributed by atoms with Gasteiger partial charge in [0.25, 0.3) is 0 Å². The lowest BCUT2D eigenvalue weighted by Crippen LogP contribution is -2.29. The van der Waals surface area contributed by atoms with E-state index in [9.17, 15) is 9.90 Å². The highest BCUT2D eigenvalue weighted by Gasteiger charge is 2.41. The van der Waals surface area contributed by atoms with Crippen molar-refractivity contribution < 1.29 is 14.4 Å². The highest BCUT2D eigenvalue weighted by Crippen LogP contribution is 2.49. The standard InChI is InChI=1S/C24H22N2O3/c1-13-6-5-7-15(10-13)22-21-14(2)26-29-24(21)25-18-11-16(12-20(28)23(18)22)17-8-3-4-9-19(17)27/h3-10,16,22,25,27H,11-12H2,1-2H3/t16-,22+/m1/s1. The number of aromatic hydroxyl groups is 1. The number of hydrogen-bond donors (Lipinski definition) is 2. The van der Waals surface area contributed by atoms with Gasteiger partial charge in [0.15, 0.2) is 5.78 Å². The lowest BCUT2D eigenvalue weighted by Gasteiger charge is -2.34. The average molecular weight is 386 g/mol. The SMILES string of the molecule is Cc1cccc([C@@H]2C3=C(C[C@@H](c4ccccc4O)CC3=O)Nc3onc(C)c32)c1. The Labute approximate surface area is 169 Å². The van der Waals surface area contributed by atoms with Gasteiger partial charge in [-0.1, -0.05) is 53.2 Å². The summed E-state index contributed by atoms with van der Waals surface area (Å²) in [6, 6.07) is 15.5. The van der Waals surface area contributed by atoms with Gasteiger partial charge in [-0.2, -0.15) is 0 Å². The summed E-state index contributed by atoms with van der Waals surface area (Å²) in [4.78, 5) is 13.4. The van der Waals surface area contributed by atoms with Gasteiger partial charge in [-0.15, -0.1) is 0 Å². The van der Waals surface area contributed by atoms with E-state index in [1.807, 2.05) is 25.1 Å². The number of anilines is 1. The van der Waals surface area contributed by atoms with Crippen LogP contribution >= 0.6 is 0 Å². The summed E-state index contributed by atoms with van der Waals surface area (Å²) >= 11 is 0. The van der Waals surface area contributed by atoms with E-state index in [2.05, 4.69) is 35.6 Å². The second kappa shape index (κ2) is 6.62. The number of Topliss-reactive ketones (excluding diaryl/α,β-unsaturated/α-hetero) is 1. The van der Waals surface area contributed by atoms with E-state index >= 15 is 0 Å². The Bertz CT molecular complexity index is 1160. The molecule has 0 amide bonds. The fraction of sp³-hybridized carbons (Fsp3) is 0.250. The quantitative estimate of drug-likeness (QED) is 0.651. The second-order valence-electron chi connectivity index (χ2n) is 7.96. The summed E-state index contributed by atoms with van der Waals surface area (Å²) in [5.41, 5.74) is 6.41. The van der Waals surface area contributed by atoms with Crippen LogP contribution in [0.3, 0.4) is 0 Å². The molecule has 0 saturated carbocycles. The van der Waals surface area contributed by atoms with Gasteiger partial charge in [-0.25, -0.2) is 0 Å². The van der Waals surface area contributed by atoms with Crippen LogP contribution in [0.25, 0.3) is 0 Å². The lowest BCUT2D eigenvalue weighted by atomic mass is 9.72. The number of carbonyl (C=O) groups is 1. The third kappa shape index (κ3) is 2.85. The minimum absolute atomic E-state index is 0.0707. The number of fused-ring (bicyclic) bond motifs is 1. The molecule has 3 aromatic rings. The number of benzene rings is 2. The zero-order valence-corrected chi connectivity index (χ0v) is 16.4. The molecule has 1 aliphatic carbocycles. The van der Waals surface area contributed by atoms with E-state index in [0.29, 0.717) is 18.7 Å². The van der Waals surface area contributed by atoms with Crippen molar-refractivity contribution in [1.29, 1.82) is 0 Å². The Hall–Kier alpha value is -3.34. The number of para-hydroxylation sites is 1. The van der Waals surface area contributed by atoms with Crippen LogP contribution in [0.4, 0.5) is 5.88 Å². The number of aromatic nitrogens is 1. The Morgan fingerprint density at radius 1 is 1.10 bits per heavy atom. The largest absolute Gasteiger partial charge is 0.508 e. The van der Waals surface area contributed by atoms with Crippen molar-refractivity contribution in [2.75, 3.05) is 5.32 Å². The molecule has 2 aliphatic rings. The number of ketones is 1. The van der Waals surface area contributed by atoms with Crippen LogP contribution in [0.15, 0.2) is 64.3 Å².